The largest absolute Gasteiger partial charge is 0.384 e. The van der Waals surface area contributed by atoms with E-state index >= 15 is 0 Å². The summed E-state index contributed by atoms with van der Waals surface area (Å²) in [4.78, 5) is 14.4. The molecule has 0 aromatic heterocycles. The lowest BCUT2D eigenvalue weighted by Crippen LogP contribution is -2.22. The molecule has 2 rings (SSSR count). The minimum Gasteiger partial charge on any atom is -0.384 e. The predicted octanol–water partition coefficient (Wildman–Crippen LogP) is 4.59. The molecule has 0 heterocycles. The average Bonchev–Trinajstić information content (AvgIpc) is 2.58. The van der Waals surface area contributed by atoms with Gasteiger partial charge in [0, 0.05) is 43.1 Å². The first kappa shape index (κ1) is 18.8. The van der Waals surface area contributed by atoms with E-state index in [1.807, 2.05) is 31.2 Å². The van der Waals surface area contributed by atoms with Gasteiger partial charge in [-0.2, -0.15) is 0 Å². The summed E-state index contributed by atoms with van der Waals surface area (Å²) in [7, 11) is 0. The van der Waals surface area contributed by atoms with Gasteiger partial charge in [-0.15, -0.1) is 0 Å². The van der Waals surface area contributed by atoms with E-state index in [0.717, 1.165) is 30.0 Å². The van der Waals surface area contributed by atoms with Crippen LogP contribution in [0.2, 0.25) is 0 Å². The molecule has 4 heteroatoms. The summed E-state index contributed by atoms with van der Waals surface area (Å²) in [5.74, 6) is 0.0236. The zero-order chi connectivity index (χ0) is 18.2. The highest BCUT2D eigenvalue weighted by atomic mass is 16.1. The smallest absolute Gasteiger partial charge is 0.226 e. The van der Waals surface area contributed by atoms with E-state index in [1.54, 1.807) is 0 Å². The van der Waals surface area contributed by atoms with Gasteiger partial charge in [0.1, 0.15) is 0 Å². The summed E-state index contributed by atoms with van der Waals surface area (Å²) in [5, 5.41) is 6.30. The van der Waals surface area contributed by atoms with Crippen molar-refractivity contribution in [3.05, 3.63) is 53.6 Å². The third-order valence-corrected chi connectivity index (χ3v) is 4.31. The number of nitrogens with one attached hydrogen (secondary N) is 2. The quantitative estimate of drug-likeness (QED) is 0.739. The van der Waals surface area contributed by atoms with Gasteiger partial charge in [0.2, 0.25) is 5.91 Å². The molecule has 0 unspecified atom stereocenters. The number of carbonyl (C=O) groups is 1. The van der Waals surface area contributed by atoms with Crippen LogP contribution in [0.4, 0.5) is 17.1 Å². The SMILES string of the molecule is CCN(CC)c1ccc(NCCC(=O)Nc2cccc(C)c2)c(C)c1. The van der Waals surface area contributed by atoms with Crippen LogP contribution < -0.4 is 15.5 Å². The number of nitrogens with zero attached hydrogens (tertiary/aromatic N) is 1. The molecular weight excluding hydrogens is 310 g/mol. The molecule has 2 N–H and O–H groups in total. The van der Waals surface area contributed by atoms with Crippen LogP contribution in [0.5, 0.6) is 0 Å². The zero-order valence-electron chi connectivity index (χ0n) is 15.7. The summed E-state index contributed by atoms with van der Waals surface area (Å²) in [6, 6.07) is 14.3. The second-order valence-corrected chi connectivity index (χ2v) is 6.27. The lowest BCUT2D eigenvalue weighted by atomic mass is 10.1. The molecule has 0 saturated heterocycles. The van der Waals surface area contributed by atoms with E-state index in [4.69, 9.17) is 0 Å². The zero-order valence-corrected chi connectivity index (χ0v) is 15.7. The molecule has 0 aliphatic rings. The molecule has 1 amide bonds. The Hall–Kier alpha value is -2.49. The van der Waals surface area contributed by atoms with Crippen molar-refractivity contribution in [1.29, 1.82) is 0 Å². The number of benzene rings is 2. The molecule has 2 aromatic rings. The minimum atomic E-state index is 0.0236. The topological polar surface area (TPSA) is 44.4 Å². The first-order valence-corrected chi connectivity index (χ1v) is 8.99. The molecule has 2 aromatic carbocycles. The Morgan fingerprint density at radius 2 is 1.80 bits per heavy atom. The van der Waals surface area contributed by atoms with Crippen LogP contribution in [0.3, 0.4) is 0 Å². The summed E-state index contributed by atoms with van der Waals surface area (Å²) < 4.78 is 0. The Morgan fingerprint density at radius 3 is 2.44 bits per heavy atom. The Labute approximate surface area is 151 Å². The van der Waals surface area contributed by atoms with Crippen LogP contribution in [-0.2, 0) is 4.79 Å². The van der Waals surface area contributed by atoms with Crippen LogP contribution in [-0.4, -0.2) is 25.5 Å². The normalized spacial score (nSPS) is 10.4. The molecule has 0 aliphatic carbocycles. The van der Waals surface area contributed by atoms with Crippen LogP contribution in [0, 0.1) is 13.8 Å². The first-order valence-electron chi connectivity index (χ1n) is 8.99. The highest BCUT2D eigenvalue weighted by molar-refractivity contribution is 5.91. The second-order valence-electron chi connectivity index (χ2n) is 6.27. The highest BCUT2D eigenvalue weighted by Gasteiger charge is 2.06. The number of hydrogen-bond donors (Lipinski definition) is 2. The molecule has 4 nitrogen and oxygen atoms in total. The average molecular weight is 339 g/mol. The Balaban J connectivity index is 1.86. The molecule has 134 valence electrons. The molecule has 0 fully saturated rings. The molecule has 0 aliphatic heterocycles. The molecule has 0 bridgehead atoms. The standard InChI is InChI=1S/C21H29N3O/c1-5-24(6-2)19-10-11-20(17(4)15-19)22-13-12-21(25)23-18-9-7-8-16(3)14-18/h7-11,14-15,22H,5-6,12-13H2,1-4H3,(H,23,25). The van der Waals surface area contributed by atoms with E-state index in [2.05, 4.69) is 54.5 Å². The Bertz CT molecular complexity index is 708. The Kier molecular flexibility index (Phi) is 6.87. The Morgan fingerprint density at radius 1 is 1.04 bits per heavy atom. The minimum absolute atomic E-state index is 0.0236. The van der Waals surface area contributed by atoms with Crippen molar-refractivity contribution in [2.24, 2.45) is 0 Å². The van der Waals surface area contributed by atoms with Crippen LogP contribution in [0.15, 0.2) is 42.5 Å². The number of anilines is 3. The van der Waals surface area contributed by atoms with E-state index in [0.29, 0.717) is 13.0 Å². The highest BCUT2D eigenvalue weighted by Crippen LogP contribution is 2.22. The molecule has 25 heavy (non-hydrogen) atoms. The van der Waals surface area contributed by atoms with Gasteiger partial charge < -0.3 is 15.5 Å². The summed E-state index contributed by atoms with van der Waals surface area (Å²) in [6.45, 7) is 11.1. The summed E-state index contributed by atoms with van der Waals surface area (Å²) in [6.07, 6.45) is 0.436. The van der Waals surface area contributed by atoms with E-state index < -0.39 is 0 Å². The van der Waals surface area contributed by atoms with Crippen molar-refractivity contribution in [2.45, 2.75) is 34.1 Å². The first-order chi connectivity index (χ1) is 12.0. The third kappa shape index (κ3) is 5.52. The van der Waals surface area contributed by atoms with Crippen LogP contribution in [0.1, 0.15) is 31.4 Å². The second kappa shape index (κ2) is 9.11. The van der Waals surface area contributed by atoms with Gasteiger partial charge in [0.25, 0.3) is 0 Å². The molecule has 0 atom stereocenters. The number of rotatable bonds is 8. The van der Waals surface area contributed by atoms with Crippen molar-refractivity contribution in [3.63, 3.8) is 0 Å². The summed E-state index contributed by atoms with van der Waals surface area (Å²) >= 11 is 0. The van der Waals surface area contributed by atoms with Gasteiger partial charge in [-0.25, -0.2) is 0 Å². The number of amides is 1. The van der Waals surface area contributed by atoms with Crippen LogP contribution >= 0.6 is 0 Å². The van der Waals surface area contributed by atoms with Gasteiger partial charge >= 0.3 is 0 Å². The maximum absolute atomic E-state index is 12.1. The van der Waals surface area contributed by atoms with E-state index in [1.165, 1.54) is 11.3 Å². The maximum Gasteiger partial charge on any atom is 0.226 e. The number of aryl methyl sites for hydroxylation is 2. The van der Waals surface area contributed by atoms with Gasteiger partial charge in [-0.1, -0.05) is 12.1 Å². The lowest BCUT2D eigenvalue weighted by Gasteiger charge is -2.22. The summed E-state index contributed by atoms with van der Waals surface area (Å²) in [5.41, 5.74) is 5.51. The number of hydrogen-bond acceptors (Lipinski definition) is 3. The van der Waals surface area contributed by atoms with Crippen molar-refractivity contribution in [2.75, 3.05) is 35.2 Å². The van der Waals surface area contributed by atoms with Gasteiger partial charge in [-0.05, 0) is 69.2 Å². The van der Waals surface area contributed by atoms with Crippen molar-refractivity contribution < 1.29 is 4.79 Å². The fourth-order valence-corrected chi connectivity index (χ4v) is 2.89. The fraction of sp³-hybridized carbons (Fsp3) is 0.381. The monoisotopic (exact) mass is 339 g/mol. The van der Waals surface area contributed by atoms with Gasteiger partial charge in [0.15, 0.2) is 0 Å². The van der Waals surface area contributed by atoms with E-state index in [9.17, 15) is 4.79 Å². The van der Waals surface area contributed by atoms with Gasteiger partial charge in [0.05, 0.1) is 0 Å². The molecule has 0 spiro atoms. The molecule has 0 saturated carbocycles. The molecule has 0 radical (unpaired) electrons. The maximum atomic E-state index is 12.1. The van der Waals surface area contributed by atoms with Crippen LogP contribution in [0.25, 0.3) is 0 Å². The van der Waals surface area contributed by atoms with E-state index in [-0.39, 0.29) is 5.91 Å². The van der Waals surface area contributed by atoms with Crippen molar-refractivity contribution in [1.82, 2.24) is 0 Å². The lowest BCUT2D eigenvalue weighted by molar-refractivity contribution is -0.115. The van der Waals surface area contributed by atoms with Crippen molar-refractivity contribution in [3.8, 4) is 0 Å². The molecular formula is C21H29N3O. The fourth-order valence-electron chi connectivity index (χ4n) is 2.89. The van der Waals surface area contributed by atoms with Crippen molar-refractivity contribution >= 4 is 23.0 Å². The third-order valence-electron chi connectivity index (χ3n) is 4.31. The number of carbonyl (C=O) groups excluding carboxylic acids is 1. The predicted molar refractivity (Wildman–Crippen MR) is 108 cm³/mol. The van der Waals surface area contributed by atoms with Gasteiger partial charge in [-0.3, -0.25) is 4.79 Å².